The summed E-state index contributed by atoms with van der Waals surface area (Å²) >= 11 is 5.83. The second-order valence-electron chi connectivity index (χ2n) is 46.7. The first-order chi connectivity index (χ1) is 70.0. The fourth-order valence-corrected chi connectivity index (χ4v) is 18.7. The van der Waals surface area contributed by atoms with Crippen LogP contribution < -0.4 is 90.0 Å². The van der Waals surface area contributed by atoms with E-state index < -0.39 is 22.4 Å². The summed E-state index contributed by atoms with van der Waals surface area (Å²) in [5.74, 6) is 3.83. The highest BCUT2D eigenvalue weighted by Crippen LogP contribution is 2.24. The molecule has 17 N–H and O–H groups in total. The average Bonchev–Trinajstić information content (AvgIpc) is 1.78. The number of alkyl carbamates (subject to hydrolysis) is 5. The zero-order valence-electron chi connectivity index (χ0n) is 95.3. The van der Waals surface area contributed by atoms with E-state index in [1.807, 2.05) is 135 Å². The largest absolute Gasteiger partial charge is 0.466 e. The number of rotatable bonds is 14. The molecule has 0 aromatic heterocycles. The smallest absolute Gasteiger partial charge is 0.407 e. The summed E-state index contributed by atoms with van der Waals surface area (Å²) in [6.45, 7) is 70.6. The number of hydrogen-bond donors (Lipinski definition) is 17. The van der Waals surface area contributed by atoms with Crippen LogP contribution in [-0.2, 0) is 39.8 Å². The summed E-state index contributed by atoms with van der Waals surface area (Å²) in [7, 11) is 0. The Morgan fingerprint density at radius 2 is 0.741 bits per heavy atom. The van der Waals surface area contributed by atoms with Gasteiger partial charge in [-0.2, -0.15) is 0 Å². The van der Waals surface area contributed by atoms with Gasteiger partial charge in [-0.25, -0.2) is 28.4 Å². The highest BCUT2D eigenvalue weighted by atomic mass is 35.5. The summed E-state index contributed by atoms with van der Waals surface area (Å²) < 4.78 is 43.3. The lowest BCUT2D eigenvalue weighted by Gasteiger charge is -2.36. The number of carbonyl (C=O) groups excluding carboxylic acids is 6. The molecular weight excluding hydrogens is 1890 g/mol. The molecule has 12 saturated heterocycles. The van der Waals surface area contributed by atoms with Crippen molar-refractivity contribution in [1.29, 1.82) is 0 Å². The van der Waals surface area contributed by atoms with Gasteiger partial charge in [-0.05, 0) is 435 Å². The minimum atomic E-state index is -0.408. The molecule has 16 rings (SSSR count). The number of amides is 5. The predicted octanol–water partition coefficient (Wildman–Crippen LogP) is 16.3. The van der Waals surface area contributed by atoms with Gasteiger partial charge in [-0.3, -0.25) is 9.69 Å². The van der Waals surface area contributed by atoms with Crippen LogP contribution in [0.3, 0.4) is 0 Å². The number of halogens is 2. The van der Waals surface area contributed by atoms with Crippen molar-refractivity contribution >= 4 is 53.7 Å². The number of esters is 1. The van der Waals surface area contributed by atoms with Gasteiger partial charge in [0.1, 0.15) is 33.8 Å². The van der Waals surface area contributed by atoms with E-state index in [1.54, 1.807) is 0 Å². The Morgan fingerprint density at radius 3 is 1.11 bits per heavy atom. The Bertz CT molecular complexity index is 3540. The molecule has 0 bridgehead atoms. The zero-order chi connectivity index (χ0) is 108. The summed E-state index contributed by atoms with van der Waals surface area (Å²) in [6.07, 6.45) is 33.0. The maximum absolute atomic E-state index is 12.6. The standard InChI is InChI=1S/C11H15ClN2.C11H22N2O2.C11H21NO2.C10H13FN2.2C10H20N2O2.C10H20N2.C10H19NO2.C8H15NO2.C7H15N.C6H13N.C5H11N.C4H9NO/c12-11-3-1-10(2-4-11)9-14-7-5-13-6-8-14;1-11(2,3)15-10(14)13-8-9-5-4-6-12-7-9;1-11(2,3)14-10(13)12-9-7-5-4-6-8-9;11-9-1-3-10(4-2-9)13-7-5-12-6-8-13;1-10(2,3)14-9(13)12-8-4-6-11-7-5-8;1-10(2,3)14-9(13)12-7-8-4-5-11-6-8;1-2-8-12(9-3-1)10-4-6-11-7-5-10;1-10(2,3)13-9(12)11-8-6-4-5-7-8;1-2-11-8(10)7-4-3-5-9-6-7;1-2-7-4-3-5-8-6-7;1-6-3-2-4-7-5-6;1-5-2-3-6-4-5;6-4-1-2-5-3-4/h1-4,13H,5-9H2;9,12H,4-8H2,1-3H3,(H,13,14);9H,4-8H2,1-3H3,(H,12,13);1-4,12H,5-8H2;2*8,11H,4-7H2,1-3H3,(H,12,13);10-11H,1-9H2;8H,4-7H2,1-3H3,(H,11,12);7,9H,2-6H2,1H3;7-8H,2-6H2,1H3;6-7H,2-5H2,1H3;5-6H,2-4H2,1H3;4-6H,1-3H2/t;;;;;8-;;;7-;;;5-;4-/m.....1..1..11/s1. The molecule has 2 aliphatic carbocycles. The third kappa shape index (κ3) is 73.6. The van der Waals surface area contributed by atoms with E-state index in [0.29, 0.717) is 43.6 Å². The van der Waals surface area contributed by atoms with Gasteiger partial charge in [0.2, 0.25) is 0 Å². The van der Waals surface area contributed by atoms with Crippen molar-refractivity contribution in [3.8, 4) is 0 Å². The highest BCUT2D eigenvalue weighted by Gasteiger charge is 2.29. The minimum Gasteiger partial charge on any atom is -0.466 e. The number of ether oxygens (including phenoxy) is 6. The van der Waals surface area contributed by atoms with Crippen molar-refractivity contribution in [3.05, 3.63) is 64.9 Å². The molecule has 852 valence electrons. The number of aliphatic hydroxyl groups excluding tert-OH is 1. The molecule has 2 saturated carbocycles. The van der Waals surface area contributed by atoms with Crippen LogP contribution in [0.1, 0.15) is 317 Å². The van der Waals surface area contributed by atoms with Crippen LogP contribution in [0.2, 0.25) is 5.02 Å². The number of nitrogens with one attached hydrogen (secondary N) is 16. The third-order valence-corrected chi connectivity index (χ3v) is 27.0. The van der Waals surface area contributed by atoms with E-state index in [1.165, 1.54) is 199 Å². The lowest BCUT2D eigenvalue weighted by molar-refractivity contribution is -0.148. The van der Waals surface area contributed by atoms with Crippen LogP contribution in [-0.4, -0.2) is 313 Å². The number of benzene rings is 2. The predicted molar refractivity (Wildman–Crippen MR) is 600 cm³/mol. The van der Waals surface area contributed by atoms with Crippen molar-refractivity contribution in [3.63, 3.8) is 0 Å². The number of piperazine rings is 2. The van der Waals surface area contributed by atoms with Crippen LogP contribution in [0.15, 0.2) is 48.5 Å². The van der Waals surface area contributed by atoms with Crippen molar-refractivity contribution in [1.82, 2.24) is 94.9 Å². The van der Waals surface area contributed by atoms with Gasteiger partial charge in [0, 0.05) is 120 Å². The number of hydrogen-bond acceptors (Lipinski definition) is 27. The Labute approximate surface area is 894 Å². The molecule has 14 fully saturated rings. The fourth-order valence-electron chi connectivity index (χ4n) is 18.6. The number of aliphatic hydroxyl groups is 1. The monoisotopic (exact) mass is 2100 g/mol. The Morgan fingerprint density at radius 1 is 0.367 bits per heavy atom. The summed E-state index contributed by atoms with van der Waals surface area (Å²) in [5, 5.41) is 59.8. The van der Waals surface area contributed by atoms with E-state index in [9.17, 15) is 33.2 Å². The molecule has 7 atom stereocenters. The molecule has 34 heteroatoms. The van der Waals surface area contributed by atoms with Crippen molar-refractivity contribution < 1.29 is 66.7 Å². The van der Waals surface area contributed by atoms with Crippen LogP contribution in [0.4, 0.5) is 34.1 Å². The van der Waals surface area contributed by atoms with E-state index >= 15 is 0 Å². The average molecular weight is 2100 g/mol. The molecular formula is C113H213ClFN19O13. The molecule has 5 amide bonds. The quantitative estimate of drug-likeness (QED) is 0.0617. The molecule has 2 aromatic rings. The van der Waals surface area contributed by atoms with Crippen LogP contribution >= 0.6 is 11.6 Å². The summed E-state index contributed by atoms with van der Waals surface area (Å²) in [4.78, 5) is 75.2. The van der Waals surface area contributed by atoms with E-state index in [-0.39, 0.29) is 65.9 Å². The van der Waals surface area contributed by atoms with Crippen molar-refractivity contribution in [2.45, 2.75) is 376 Å². The lowest BCUT2D eigenvalue weighted by atomic mass is 9.96. The van der Waals surface area contributed by atoms with Gasteiger partial charge >= 0.3 is 36.4 Å². The van der Waals surface area contributed by atoms with Gasteiger partial charge in [0.25, 0.3) is 0 Å². The van der Waals surface area contributed by atoms with Gasteiger partial charge < -0.3 is 128 Å². The fraction of sp³-hybridized carbons (Fsp3) is 0.841. The van der Waals surface area contributed by atoms with E-state index in [2.05, 4.69) is 133 Å². The van der Waals surface area contributed by atoms with Gasteiger partial charge in [-0.1, -0.05) is 89.5 Å². The van der Waals surface area contributed by atoms with E-state index in [4.69, 9.17) is 45.1 Å². The maximum atomic E-state index is 12.6. The number of β-amino-alcohol motifs (C(OH)–C–C–N with tert-alkyl or cyclic N) is 1. The van der Waals surface area contributed by atoms with Gasteiger partial charge in [0.05, 0.1) is 18.6 Å². The maximum Gasteiger partial charge on any atom is 0.407 e. The second-order valence-corrected chi connectivity index (χ2v) is 47.1. The topological polar surface area (TPSA) is 380 Å². The van der Waals surface area contributed by atoms with Gasteiger partial charge in [0.15, 0.2) is 0 Å². The number of nitrogens with zero attached hydrogens (tertiary/aromatic N) is 3. The van der Waals surface area contributed by atoms with Crippen molar-refractivity contribution in [2.24, 2.45) is 35.5 Å². The number of anilines is 1. The zero-order valence-corrected chi connectivity index (χ0v) is 96.1. The molecule has 12 aliphatic heterocycles. The number of likely N-dealkylation sites (tertiary alicyclic amines) is 1. The highest BCUT2D eigenvalue weighted by molar-refractivity contribution is 6.30. The first-order valence-corrected chi connectivity index (χ1v) is 57.6. The molecule has 147 heavy (non-hydrogen) atoms. The molecule has 2 aromatic carbocycles. The van der Waals surface area contributed by atoms with Gasteiger partial charge in [-0.15, -0.1) is 0 Å². The normalized spacial score (nSPS) is 23.2. The summed E-state index contributed by atoms with van der Waals surface area (Å²) in [6, 6.07) is 16.7. The SMILES string of the molecule is C1CCN(C2CCNCC2)CC1.CC(C)(C)OC(=O)NC1CCCC1.CC(C)(C)OC(=O)NC1CCCCC1.CC(C)(C)OC(=O)NC1CCNCC1.CC(C)(C)OC(=O)NCC1CCCNC1.CC(C)(C)OC(=O)NC[C@@H]1CCNC1.CC1CCCNC1.CCC1CCCNC1.CCOC(=O)[C@@H]1CCCNC1.C[C@@H]1CCNC1.Clc1ccc(CN2CCNCC2)cc1.Fc1ccc(N2CCNCC2)cc1.O[C@@H]1CCNC1. The number of piperidine rings is 7. The van der Waals surface area contributed by atoms with Crippen molar-refractivity contribution in [2.75, 3.05) is 208 Å². The van der Waals surface area contributed by atoms with Crippen LogP contribution in [0.5, 0.6) is 0 Å². The Balaban J connectivity index is 0.000000334. The first kappa shape index (κ1) is 133. The molecule has 3 unspecified atom stereocenters. The third-order valence-electron chi connectivity index (χ3n) is 26.7. The molecule has 0 spiro atoms. The molecule has 32 nitrogen and oxygen atoms in total. The Kier molecular flexibility index (Phi) is 70.5. The van der Waals surface area contributed by atoms with Crippen LogP contribution in [0, 0.1) is 41.3 Å². The summed E-state index contributed by atoms with van der Waals surface area (Å²) in [5.41, 5.74) is 0.463. The molecule has 0 radical (unpaired) electrons. The molecule has 12 heterocycles. The number of carbonyl (C=O) groups is 6. The van der Waals surface area contributed by atoms with E-state index in [0.717, 1.165) is 223 Å². The minimum absolute atomic E-state index is 0.0419. The Hall–Kier alpha value is -6.28. The molecule has 14 aliphatic rings. The lowest BCUT2D eigenvalue weighted by Crippen LogP contribution is -2.45. The van der Waals surface area contributed by atoms with Crippen LogP contribution in [0.25, 0.3) is 0 Å². The first-order valence-electron chi connectivity index (χ1n) is 57.3. The second kappa shape index (κ2) is 78.0.